The standard InChI is InChI=1S/C17H32N4/c1-4-10-21-13-19-12-17(21)16(11-18)20(3)15-8-6-14(5-2)7-9-15/h12-16H,4-11,18H2,1-3H3. The number of aryl methyl sites for hydroxylation is 1. The minimum Gasteiger partial charge on any atom is -0.333 e. The molecule has 0 spiro atoms. The minimum atomic E-state index is 0.294. The number of nitrogens with zero attached hydrogens (tertiary/aromatic N) is 3. The highest BCUT2D eigenvalue weighted by Gasteiger charge is 2.28. The lowest BCUT2D eigenvalue weighted by Crippen LogP contribution is -2.41. The van der Waals surface area contributed by atoms with Gasteiger partial charge in [-0.15, -0.1) is 0 Å². The van der Waals surface area contributed by atoms with Crippen molar-refractivity contribution < 1.29 is 0 Å². The van der Waals surface area contributed by atoms with Crippen molar-refractivity contribution in [1.82, 2.24) is 14.5 Å². The molecule has 1 saturated carbocycles. The number of hydrogen-bond donors (Lipinski definition) is 1. The summed E-state index contributed by atoms with van der Waals surface area (Å²) in [5.74, 6) is 0.941. The van der Waals surface area contributed by atoms with E-state index >= 15 is 0 Å². The molecule has 120 valence electrons. The third-order valence-electron chi connectivity index (χ3n) is 5.23. The predicted molar refractivity (Wildman–Crippen MR) is 88.1 cm³/mol. The van der Waals surface area contributed by atoms with Crippen LogP contribution < -0.4 is 5.73 Å². The molecule has 1 heterocycles. The van der Waals surface area contributed by atoms with Crippen LogP contribution in [0.25, 0.3) is 0 Å². The molecule has 0 radical (unpaired) electrons. The molecular formula is C17H32N4. The molecule has 1 aliphatic carbocycles. The summed E-state index contributed by atoms with van der Waals surface area (Å²) in [5.41, 5.74) is 7.38. The number of aromatic nitrogens is 2. The lowest BCUT2D eigenvalue weighted by Gasteiger charge is -2.38. The van der Waals surface area contributed by atoms with Crippen LogP contribution >= 0.6 is 0 Å². The summed E-state index contributed by atoms with van der Waals surface area (Å²) in [4.78, 5) is 6.85. The average Bonchev–Trinajstić information content (AvgIpc) is 2.97. The van der Waals surface area contributed by atoms with Gasteiger partial charge in [0.25, 0.3) is 0 Å². The van der Waals surface area contributed by atoms with E-state index in [1.807, 2.05) is 12.5 Å². The van der Waals surface area contributed by atoms with Crippen LogP contribution in [0.5, 0.6) is 0 Å². The zero-order valence-corrected chi connectivity index (χ0v) is 14.0. The van der Waals surface area contributed by atoms with Crippen LogP contribution in [0.1, 0.15) is 64.1 Å². The van der Waals surface area contributed by atoms with Gasteiger partial charge in [0.2, 0.25) is 0 Å². The maximum atomic E-state index is 6.11. The highest BCUT2D eigenvalue weighted by Crippen LogP contribution is 2.32. The normalized spacial score (nSPS) is 24.4. The second kappa shape index (κ2) is 7.95. The van der Waals surface area contributed by atoms with Crippen molar-refractivity contribution >= 4 is 0 Å². The van der Waals surface area contributed by atoms with Gasteiger partial charge in [0, 0.05) is 25.3 Å². The Morgan fingerprint density at radius 1 is 1.33 bits per heavy atom. The molecule has 2 rings (SSSR count). The largest absolute Gasteiger partial charge is 0.333 e. The van der Waals surface area contributed by atoms with E-state index in [0.29, 0.717) is 18.6 Å². The molecule has 0 aromatic carbocycles. The molecule has 1 fully saturated rings. The monoisotopic (exact) mass is 292 g/mol. The van der Waals surface area contributed by atoms with Crippen molar-refractivity contribution in [1.29, 1.82) is 0 Å². The van der Waals surface area contributed by atoms with Crippen LogP contribution in [0.15, 0.2) is 12.5 Å². The molecule has 0 saturated heterocycles. The Morgan fingerprint density at radius 2 is 2.05 bits per heavy atom. The van der Waals surface area contributed by atoms with Crippen molar-refractivity contribution in [3.8, 4) is 0 Å². The fourth-order valence-corrected chi connectivity index (χ4v) is 3.75. The van der Waals surface area contributed by atoms with Gasteiger partial charge >= 0.3 is 0 Å². The molecule has 1 aromatic heterocycles. The van der Waals surface area contributed by atoms with Crippen LogP contribution in [0, 0.1) is 5.92 Å². The van der Waals surface area contributed by atoms with Crippen molar-refractivity contribution in [2.45, 2.75) is 71.0 Å². The Morgan fingerprint density at radius 3 is 2.62 bits per heavy atom. The molecular weight excluding hydrogens is 260 g/mol. The molecule has 4 nitrogen and oxygen atoms in total. The van der Waals surface area contributed by atoms with Crippen LogP contribution in [0.3, 0.4) is 0 Å². The number of hydrogen-bond acceptors (Lipinski definition) is 3. The van der Waals surface area contributed by atoms with Gasteiger partial charge in [0.05, 0.1) is 18.1 Å². The number of rotatable bonds is 7. The molecule has 4 heteroatoms. The fourth-order valence-electron chi connectivity index (χ4n) is 3.75. The average molecular weight is 292 g/mol. The van der Waals surface area contributed by atoms with E-state index in [-0.39, 0.29) is 0 Å². The van der Waals surface area contributed by atoms with E-state index in [2.05, 4.69) is 35.3 Å². The Kier molecular flexibility index (Phi) is 6.24. The minimum absolute atomic E-state index is 0.294. The first-order valence-electron chi connectivity index (χ1n) is 8.63. The number of nitrogens with two attached hydrogens (primary N) is 1. The van der Waals surface area contributed by atoms with Gasteiger partial charge in [-0.25, -0.2) is 4.98 Å². The summed E-state index contributed by atoms with van der Waals surface area (Å²) < 4.78 is 2.27. The summed E-state index contributed by atoms with van der Waals surface area (Å²) >= 11 is 0. The molecule has 2 N–H and O–H groups in total. The second-order valence-electron chi connectivity index (χ2n) is 6.51. The van der Waals surface area contributed by atoms with Crippen molar-refractivity contribution in [2.24, 2.45) is 11.7 Å². The van der Waals surface area contributed by atoms with Crippen molar-refractivity contribution in [3.05, 3.63) is 18.2 Å². The summed E-state index contributed by atoms with van der Waals surface area (Å²) in [6.07, 6.45) is 11.8. The Balaban J connectivity index is 2.04. The molecule has 1 aliphatic rings. The highest BCUT2D eigenvalue weighted by molar-refractivity contribution is 5.07. The summed E-state index contributed by atoms with van der Waals surface area (Å²) in [5, 5.41) is 0. The number of imidazole rings is 1. The first-order chi connectivity index (χ1) is 10.2. The van der Waals surface area contributed by atoms with Crippen molar-refractivity contribution in [2.75, 3.05) is 13.6 Å². The third kappa shape index (κ3) is 3.86. The second-order valence-corrected chi connectivity index (χ2v) is 6.51. The van der Waals surface area contributed by atoms with Gasteiger partial charge in [-0.05, 0) is 45.1 Å². The summed E-state index contributed by atoms with van der Waals surface area (Å²) in [6.45, 7) is 6.22. The van der Waals surface area contributed by atoms with Crippen LogP contribution in [-0.2, 0) is 6.54 Å². The van der Waals surface area contributed by atoms with Gasteiger partial charge in [-0.3, -0.25) is 4.90 Å². The van der Waals surface area contributed by atoms with E-state index in [1.165, 1.54) is 37.8 Å². The van der Waals surface area contributed by atoms with E-state index in [0.717, 1.165) is 18.9 Å². The lowest BCUT2D eigenvalue weighted by atomic mass is 9.83. The zero-order valence-electron chi connectivity index (χ0n) is 14.0. The topological polar surface area (TPSA) is 47.1 Å². The van der Waals surface area contributed by atoms with Crippen LogP contribution in [-0.4, -0.2) is 34.1 Å². The van der Waals surface area contributed by atoms with Crippen LogP contribution in [0.4, 0.5) is 0 Å². The molecule has 1 atom stereocenters. The Hall–Kier alpha value is -0.870. The van der Waals surface area contributed by atoms with Gasteiger partial charge in [0.15, 0.2) is 0 Å². The SMILES string of the molecule is CCCn1cncc1C(CN)N(C)C1CCC(CC)CC1. The molecule has 0 amide bonds. The third-order valence-corrected chi connectivity index (χ3v) is 5.23. The van der Waals surface area contributed by atoms with E-state index in [4.69, 9.17) is 5.73 Å². The molecule has 0 aliphatic heterocycles. The van der Waals surface area contributed by atoms with E-state index in [9.17, 15) is 0 Å². The zero-order chi connectivity index (χ0) is 15.2. The van der Waals surface area contributed by atoms with Gasteiger partial charge in [-0.1, -0.05) is 20.3 Å². The lowest BCUT2D eigenvalue weighted by molar-refractivity contribution is 0.118. The highest BCUT2D eigenvalue weighted by atomic mass is 15.2. The Labute approximate surface area is 129 Å². The molecule has 1 aromatic rings. The maximum absolute atomic E-state index is 6.11. The van der Waals surface area contributed by atoms with Crippen LogP contribution in [0.2, 0.25) is 0 Å². The van der Waals surface area contributed by atoms with E-state index < -0.39 is 0 Å². The predicted octanol–water partition coefficient (Wildman–Crippen LogP) is 3.19. The molecule has 21 heavy (non-hydrogen) atoms. The quantitative estimate of drug-likeness (QED) is 0.839. The maximum Gasteiger partial charge on any atom is 0.0948 e. The van der Waals surface area contributed by atoms with E-state index in [1.54, 1.807) is 0 Å². The first kappa shape index (κ1) is 16.5. The first-order valence-corrected chi connectivity index (χ1v) is 8.63. The summed E-state index contributed by atoms with van der Waals surface area (Å²) in [7, 11) is 2.25. The van der Waals surface area contributed by atoms with Crippen molar-refractivity contribution in [3.63, 3.8) is 0 Å². The van der Waals surface area contributed by atoms with Gasteiger partial charge < -0.3 is 10.3 Å². The molecule has 0 bridgehead atoms. The smallest absolute Gasteiger partial charge is 0.0948 e. The summed E-state index contributed by atoms with van der Waals surface area (Å²) in [6, 6.07) is 0.966. The van der Waals surface area contributed by atoms with Gasteiger partial charge in [0.1, 0.15) is 0 Å². The number of likely N-dealkylation sites (N-methyl/N-ethyl adjacent to an activating group) is 1. The Bertz CT molecular complexity index is 407. The van der Waals surface area contributed by atoms with Gasteiger partial charge in [-0.2, -0.15) is 0 Å². The molecule has 1 unspecified atom stereocenters. The fraction of sp³-hybridized carbons (Fsp3) is 0.824.